The minimum Gasteiger partial charge on any atom is -0.389 e. The number of benzene rings is 1. The zero-order chi connectivity index (χ0) is 32.2. The quantitative estimate of drug-likeness (QED) is 0.239. The molecule has 1 aromatic carbocycles. The Morgan fingerprint density at radius 2 is 1.93 bits per heavy atom. The third-order valence-electron chi connectivity index (χ3n) is 8.66. The molecule has 4 heterocycles. The van der Waals surface area contributed by atoms with Crippen molar-refractivity contribution in [1.29, 1.82) is 5.26 Å². The van der Waals surface area contributed by atoms with Gasteiger partial charge in [0.15, 0.2) is 5.82 Å². The fraction of sp³-hybridized carbons (Fsp3) is 0.514. The van der Waals surface area contributed by atoms with Gasteiger partial charge in [0.25, 0.3) is 0 Å². The van der Waals surface area contributed by atoms with Gasteiger partial charge in [0.05, 0.1) is 35.4 Å². The van der Waals surface area contributed by atoms with Crippen LogP contribution in [0.2, 0.25) is 0 Å². The molecule has 2 aromatic heterocycles. The highest BCUT2D eigenvalue weighted by Crippen LogP contribution is 2.52. The van der Waals surface area contributed by atoms with E-state index in [1.165, 1.54) is 32.1 Å². The van der Waals surface area contributed by atoms with E-state index in [9.17, 15) is 9.65 Å². The number of rotatable bonds is 4. The normalized spacial score (nSPS) is 17.5. The predicted molar refractivity (Wildman–Crippen MR) is 179 cm³/mol. The van der Waals surface area contributed by atoms with Crippen LogP contribution in [0.1, 0.15) is 97.3 Å². The third-order valence-corrected chi connectivity index (χ3v) is 9.69. The molecule has 9 heteroatoms. The first-order valence-electron chi connectivity index (χ1n) is 15.8. The van der Waals surface area contributed by atoms with Gasteiger partial charge in [-0.1, -0.05) is 53.5 Å². The first-order valence-corrected chi connectivity index (χ1v) is 16.6. The van der Waals surface area contributed by atoms with Gasteiger partial charge in [0.2, 0.25) is 0 Å². The van der Waals surface area contributed by atoms with E-state index in [-0.39, 0.29) is 38.5 Å². The lowest BCUT2D eigenvalue weighted by Gasteiger charge is -2.17. The van der Waals surface area contributed by atoms with E-state index in [2.05, 4.69) is 30.7 Å². The SMILES string of the molecule is C/C=c1\c(F)c(-c2ncc(F)c3sc(N)c(C#N)c23)c2c(\c1=C\N=C(C)N1CCC3(CC3)C1)COC2.CC.CCCC(C)C. The standard InChI is InChI=1S/C27H25F2N5OS.C6H14.C2H6/c1-3-15-17(9-32-14(2)34-7-6-27(13-34)4-5-27)18-11-35-12-19(18)21(23(15)29)24-22-16(8-30)26(31)36-25(22)20(28)10-33-24;1-4-5-6(2)3;1-2/h3,9-10H,4-7,11-13,31H2,1-2H3;6H,4-5H2,1-3H3;1-2H3/b15-3-,17-9+,32-14?;;. The number of nitriles is 1. The van der Waals surface area contributed by atoms with Crippen LogP contribution in [0.15, 0.2) is 11.2 Å². The summed E-state index contributed by atoms with van der Waals surface area (Å²) in [4.78, 5) is 11.3. The van der Waals surface area contributed by atoms with E-state index in [1.807, 2.05) is 26.8 Å². The van der Waals surface area contributed by atoms with Gasteiger partial charge in [-0.25, -0.2) is 13.8 Å². The van der Waals surface area contributed by atoms with E-state index < -0.39 is 11.6 Å². The summed E-state index contributed by atoms with van der Waals surface area (Å²) in [5.41, 5.74) is 8.51. The summed E-state index contributed by atoms with van der Waals surface area (Å²) in [6.45, 7) is 17.0. The number of nitrogen functional groups attached to an aromatic ring is 1. The number of aliphatic imine (C=N–C) groups is 1. The summed E-state index contributed by atoms with van der Waals surface area (Å²) < 4.78 is 36.8. The maximum atomic E-state index is 16.3. The molecule has 0 amide bonds. The molecule has 0 atom stereocenters. The summed E-state index contributed by atoms with van der Waals surface area (Å²) in [7, 11) is 0. The van der Waals surface area contributed by atoms with E-state index >= 15 is 4.39 Å². The monoisotopic (exact) mass is 621 g/mol. The number of amidine groups is 1. The fourth-order valence-corrected chi connectivity index (χ4v) is 7.04. The Morgan fingerprint density at radius 3 is 2.50 bits per heavy atom. The van der Waals surface area contributed by atoms with Gasteiger partial charge < -0.3 is 15.4 Å². The number of nitrogens with zero attached hydrogens (tertiary/aromatic N) is 4. The number of aromatic nitrogens is 1. The summed E-state index contributed by atoms with van der Waals surface area (Å²) in [5, 5.41) is 11.2. The van der Waals surface area contributed by atoms with Gasteiger partial charge >= 0.3 is 0 Å². The number of nitrogens with two attached hydrogens (primary N) is 1. The second-order valence-corrected chi connectivity index (χ2v) is 13.1. The fourth-order valence-electron chi connectivity index (χ4n) is 6.12. The Kier molecular flexibility index (Phi) is 10.8. The van der Waals surface area contributed by atoms with Crippen LogP contribution in [-0.2, 0) is 18.0 Å². The molecule has 236 valence electrons. The van der Waals surface area contributed by atoms with Crippen LogP contribution in [0, 0.1) is 34.3 Å². The highest BCUT2D eigenvalue weighted by Gasteiger charge is 2.47. The topological polar surface area (TPSA) is 87.5 Å². The Labute approximate surface area is 264 Å². The summed E-state index contributed by atoms with van der Waals surface area (Å²) in [6, 6.07) is 2.04. The van der Waals surface area contributed by atoms with Gasteiger partial charge in [-0.3, -0.25) is 4.98 Å². The zero-order valence-corrected chi connectivity index (χ0v) is 27.9. The van der Waals surface area contributed by atoms with Crippen molar-refractivity contribution in [2.45, 2.75) is 93.8 Å². The van der Waals surface area contributed by atoms with Crippen LogP contribution in [0.4, 0.5) is 13.8 Å². The summed E-state index contributed by atoms with van der Waals surface area (Å²) in [6.07, 6.45) is 11.0. The van der Waals surface area contributed by atoms with Crippen LogP contribution >= 0.6 is 11.3 Å². The van der Waals surface area contributed by atoms with Crippen LogP contribution in [0.25, 0.3) is 33.6 Å². The predicted octanol–water partition coefficient (Wildman–Crippen LogP) is 7.64. The molecule has 1 aliphatic carbocycles. The maximum absolute atomic E-state index is 16.3. The van der Waals surface area contributed by atoms with E-state index in [0.29, 0.717) is 28.0 Å². The van der Waals surface area contributed by atoms with Crippen molar-refractivity contribution >= 4 is 44.5 Å². The molecule has 3 aromatic rings. The van der Waals surface area contributed by atoms with Crippen molar-refractivity contribution in [3.8, 4) is 17.3 Å². The van der Waals surface area contributed by atoms with Crippen LogP contribution in [0.3, 0.4) is 0 Å². The largest absolute Gasteiger partial charge is 0.389 e. The van der Waals surface area contributed by atoms with Crippen molar-refractivity contribution in [3.63, 3.8) is 0 Å². The van der Waals surface area contributed by atoms with Crippen LogP contribution in [0.5, 0.6) is 0 Å². The first-order chi connectivity index (χ1) is 21.1. The lowest BCUT2D eigenvalue weighted by atomic mass is 9.94. The summed E-state index contributed by atoms with van der Waals surface area (Å²) in [5.74, 6) is 0.738. The zero-order valence-electron chi connectivity index (χ0n) is 27.1. The van der Waals surface area contributed by atoms with Crippen molar-refractivity contribution in [3.05, 3.63) is 45.0 Å². The Hall–Kier alpha value is -3.35. The first kappa shape index (κ1) is 33.5. The smallest absolute Gasteiger partial charge is 0.159 e. The average molecular weight is 622 g/mol. The molecule has 0 radical (unpaired) electrons. The minimum atomic E-state index is -0.591. The van der Waals surface area contributed by atoms with Crippen LogP contribution < -0.4 is 16.2 Å². The Balaban J connectivity index is 0.000000496. The molecule has 1 saturated carbocycles. The van der Waals surface area contributed by atoms with Gasteiger partial charge in [0, 0.05) is 40.7 Å². The van der Waals surface area contributed by atoms with Crippen molar-refractivity contribution in [2.24, 2.45) is 16.3 Å². The molecule has 0 unspecified atom stereocenters. The number of thiophene rings is 1. The Bertz CT molecular complexity index is 1720. The third kappa shape index (κ3) is 6.52. The second kappa shape index (κ2) is 14.2. The van der Waals surface area contributed by atoms with E-state index in [1.54, 1.807) is 19.2 Å². The lowest BCUT2D eigenvalue weighted by Crippen LogP contribution is -2.33. The van der Waals surface area contributed by atoms with Crippen molar-refractivity contribution < 1.29 is 13.5 Å². The van der Waals surface area contributed by atoms with Gasteiger partial charge in [-0.05, 0) is 55.6 Å². The molecule has 2 N–H and O–H groups in total. The maximum Gasteiger partial charge on any atom is 0.159 e. The molecular formula is C35H45F2N5OS. The van der Waals surface area contributed by atoms with Crippen LogP contribution in [-0.4, -0.2) is 28.8 Å². The molecule has 2 aliphatic heterocycles. The number of anilines is 1. The van der Waals surface area contributed by atoms with Crippen molar-refractivity contribution in [2.75, 3.05) is 18.8 Å². The molecule has 3 aliphatic rings. The van der Waals surface area contributed by atoms with Gasteiger partial charge in [-0.15, -0.1) is 11.3 Å². The minimum absolute atomic E-state index is 0.112. The highest BCUT2D eigenvalue weighted by molar-refractivity contribution is 7.23. The number of ether oxygens (including phenoxy) is 1. The number of hydrogen-bond acceptors (Lipinski definition) is 6. The number of likely N-dealkylation sites (tertiary alicyclic amines) is 1. The van der Waals surface area contributed by atoms with Crippen molar-refractivity contribution in [1.82, 2.24) is 9.88 Å². The molecule has 1 spiro atoms. The average Bonchev–Trinajstić information content (AvgIpc) is 3.29. The van der Waals surface area contributed by atoms with E-state index in [0.717, 1.165) is 47.9 Å². The van der Waals surface area contributed by atoms with E-state index in [4.69, 9.17) is 15.5 Å². The number of fused-ring (bicyclic) bond motifs is 2. The number of pyridine rings is 1. The molecule has 2 fully saturated rings. The van der Waals surface area contributed by atoms with Gasteiger partial charge in [-0.2, -0.15) is 5.26 Å². The number of halogens is 2. The Morgan fingerprint density at radius 1 is 1.23 bits per heavy atom. The molecular weight excluding hydrogens is 576 g/mol. The van der Waals surface area contributed by atoms with Gasteiger partial charge in [0.1, 0.15) is 22.7 Å². The molecule has 6 rings (SSSR count). The lowest BCUT2D eigenvalue weighted by molar-refractivity contribution is 0.134. The molecule has 1 saturated heterocycles. The number of hydrogen-bond donors (Lipinski definition) is 1. The molecule has 44 heavy (non-hydrogen) atoms. The highest BCUT2D eigenvalue weighted by atomic mass is 32.1. The molecule has 0 bridgehead atoms. The summed E-state index contributed by atoms with van der Waals surface area (Å²) >= 11 is 0.969. The molecule has 6 nitrogen and oxygen atoms in total. The second-order valence-electron chi connectivity index (χ2n) is 12.0.